The normalized spacial score (nSPS) is 28.0. The van der Waals surface area contributed by atoms with Crippen LogP contribution in [-0.4, -0.2) is 24.9 Å². The molecule has 1 heterocycles. The summed E-state index contributed by atoms with van der Waals surface area (Å²) in [7, 11) is 0. The number of aliphatic hydroxyl groups is 1. The van der Waals surface area contributed by atoms with Crippen molar-refractivity contribution in [2.75, 3.05) is 19.8 Å². The van der Waals surface area contributed by atoms with Gasteiger partial charge in [-0.15, -0.1) is 0 Å². The maximum Gasteiger partial charge on any atom is 0.123 e. The van der Waals surface area contributed by atoms with E-state index >= 15 is 0 Å². The summed E-state index contributed by atoms with van der Waals surface area (Å²) in [6, 6.07) is 5.91. The molecule has 2 unspecified atom stereocenters. The van der Waals surface area contributed by atoms with Crippen molar-refractivity contribution in [1.29, 1.82) is 0 Å². The van der Waals surface area contributed by atoms with Gasteiger partial charge in [-0.05, 0) is 31.0 Å². The van der Waals surface area contributed by atoms with Crippen LogP contribution in [-0.2, 0) is 10.3 Å². The molecule has 1 aliphatic rings. The van der Waals surface area contributed by atoms with Crippen molar-refractivity contribution >= 4 is 0 Å². The molecule has 2 atom stereocenters. The summed E-state index contributed by atoms with van der Waals surface area (Å²) in [5, 5.41) is 10.7. The van der Waals surface area contributed by atoms with Crippen LogP contribution in [0.3, 0.4) is 0 Å². The Morgan fingerprint density at radius 3 is 2.59 bits per heavy atom. The molecule has 1 aromatic rings. The van der Waals surface area contributed by atoms with Crippen LogP contribution in [0.25, 0.3) is 0 Å². The van der Waals surface area contributed by atoms with E-state index in [4.69, 9.17) is 10.5 Å². The fourth-order valence-corrected chi connectivity index (χ4v) is 2.43. The number of halogens is 1. The molecule has 4 heteroatoms. The Morgan fingerprint density at radius 1 is 1.47 bits per heavy atom. The van der Waals surface area contributed by atoms with Gasteiger partial charge < -0.3 is 15.6 Å². The molecule has 1 aromatic carbocycles. The summed E-state index contributed by atoms with van der Waals surface area (Å²) >= 11 is 0. The van der Waals surface area contributed by atoms with Gasteiger partial charge in [0.25, 0.3) is 0 Å². The van der Waals surface area contributed by atoms with Crippen LogP contribution < -0.4 is 5.73 Å². The molecule has 0 bridgehead atoms. The lowest BCUT2D eigenvalue weighted by molar-refractivity contribution is -0.0747. The second-order valence-electron chi connectivity index (χ2n) is 4.87. The zero-order chi connectivity index (χ0) is 12.5. The summed E-state index contributed by atoms with van der Waals surface area (Å²) in [6.07, 6.45) is 0.716. The molecule has 0 aromatic heterocycles. The SMILES string of the molecule is CC(O)(c1ccc(F)cc1)C1(CN)CCOC1. The molecule has 94 valence electrons. The molecule has 0 radical (unpaired) electrons. The van der Waals surface area contributed by atoms with Crippen molar-refractivity contribution in [1.82, 2.24) is 0 Å². The standard InChI is InChI=1S/C13H18FNO2/c1-12(16,10-2-4-11(14)5-3-10)13(8-15)6-7-17-9-13/h2-5,16H,6-9,15H2,1H3. The topological polar surface area (TPSA) is 55.5 Å². The quantitative estimate of drug-likeness (QED) is 0.838. The van der Waals surface area contributed by atoms with Gasteiger partial charge >= 0.3 is 0 Å². The van der Waals surface area contributed by atoms with Gasteiger partial charge in [0.15, 0.2) is 0 Å². The van der Waals surface area contributed by atoms with Crippen molar-refractivity contribution in [3.63, 3.8) is 0 Å². The Labute approximate surface area is 100 Å². The average molecular weight is 239 g/mol. The summed E-state index contributed by atoms with van der Waals surface area (Å²) in [4.78, 5) is 0. The summed E-state index contributed by atoms with van der Waals surface area (Å²) < 4.78 is 18.3. The number of hydrogen-bond donors (Lipinski definition) is 2. The highest BCUT2D eigenvalue weighted by atomic mass is 19.1. The Bertz CT molecular complexity index is 383. The van der Waals surface area contributed by atoms with E-state index < -0.39 is 11.0 Å². The molecule has 1 saturated heterocycles. The first-order valence-electron chi connectivity index (χ1n) is 5.78. The van der Waals surface area contributed by atoms with Gasteiger partial charge in [-0.25, -0.2) is 4.39 Å². The highest BCUT2D eigenvalue weighted by Gasteiger charge is 2.49. The predicted molar refractivity (Wildman–Crippen MR) is 62.9 cm³/mol. The van der Waals surface area contributed by atoms with Crippen molar-refractivity contribution in [3.05, 3.63) is 35.6 Å². The van der Waals surface area contributed by atoms with E-state index in [0.717, 1.165) is 0 Å². The number of benzene rings is 1. The molecule has 3 nitrogen and oxygen atoms in total. The molecule has 0 amide bonds. The van der Waals surface area contributed by atoms with Crippen LogP contribution in [0.2, 0.25) is 0 Å². The lowest BCUT2D eigenvalue weighted by Gasteiger charge is -2.41. The van der Waals surface area contributed by atoms with Gasteiger partial charge in [0.2, 0.25) is 0 Å². The highest BCUT2D eigenvalue weighted by Crippen LogP contribution is 2.44. The fraction of sp³-hybridized carbons (Fsp3) is 0.538. The van der Waals surface area contributed by atoms with Crippen molar-refractivity contribution < 1.29 is 14.2 Å². The van der Waals surface area contributed by atoms with Crippen LogP contribution in [0, 0.1) is 11.2 Å². The molecule has 17 heavy (non-hydrogen) atoms. The summed E-state index contributed by atoms with van der Waals surface area (Å²) in [6.45, 7) is 3.11. The monoisotopic (exact) mass is 239 g/mol. The van der Waals surface area contributed by atoms with Gasteiger partial charge in [-0.2, -0.15) is 0 Å². The van der Waals surface area contributed by atoms with Crippen LogP contribution in [0.1, 0.15) is 18.9 Å². The lowest BCUT2D eigenvalue weighted by atomic mass is 9.69. The van der Waals surface area contributed by atoms with E-state index in [1.165, 1.54) is 12.1 Å². The van der Waals surface area contributed by atoms with Gasteiger partial charge in [0, 0.05) is 18.6 Å². The van der Waals surface area contributed by atoms with Crippen LogP contribution in [0.15, 0.2) is 24.3 Å². The second-order valence-corrected chi connectivity index (χ2v) is 4.87. The van der Waals surface area contributed by atoms with Crippen LogP contribution in [0.5, 0.6) is 0 Å². The lowest BCUT2D eigenvalue weighted by Crippen LogP contribution is -2.49. The minimum Gasteiger partial charge on any atom is -0.385 e. The maximum atomic E-state index is 12.9. The summed E-state index contributed by atoms with van der Waals surface area (Å²) in [5.41, 5.74) is 4.90. The largest absolute Gasteiger partial charge is 0.385 e. The molecule has 3 N–H and O–H groups in total. The van der Waals surface area contributed by atoms with E-state index in [2.05, 4.69) is 0 Å². The molecular weight excluding hydrogens is 221 g/mol. The Kier molecular flexibility index (Phi) is 3.21. The molecule has 0 spiro atoms. The molecule has 2 rings (SSSR count). The average Bonchev–Trinajstić information content (AvgIpc) is 2.79. The Morgan fingerprint density at radius 2 is 2.12 bits per heavy atom. The van der Waals surface area contributed by atoms with Gasteiger partial charge in [-0.3, -0.25) is 0 Å². The highest BCUT2D eigenvalue weighted by molar-refractivity contribution is 5.26. The minimum absolute atomic E-state index is 0.311. The van der Waals surface area contributed by atoms with E-state index in [-0.39, 0.29) is 5.82 Å². The van der Waals surface area contributed by atoms with Crippen molar-refractivity contribution in [2.45, 2.75) is 18.9 Å². The first-order chi connectivity index (χ1) is 8.02. The van der Waals surface area contributed by atoms with E-state index in [1.807, 2.05) is 0 Å². The van der Waals surface area contributed by atoms with E-state index in [9.17, 15) is 9.50 Å². The number of hydrogen-bond acceptors (Lipinski definition) is 3. The molecular formula is C13H18FNO2. The third-order valence-corrected chi connectivity index (χ3v) is 3.93. The van der Waals surface area contributed by atoms with Crippen molar-refractivity contribution in [3.8, 4) is 0 Å². The third kappa shape index (κ3) is 1.97. The Balaban J connectivity index is 2.37. The number of rotatable bonds is 3. The summed E-state index contributed by atoms with van der Waals surface area (Å²) in [5.74, 6) is -0.311. The van der Waals surface area contributed by atoms with Gasteiger partial charge in [0.1, 0.15) is 5.82 Å². The van der Waals surface area contributed by atoms with Gasteiger partial charge in [0.05, 0.1) is 12.2 Å². The van der Waals surface area contributed by atoms with E-state index in [0.29, 0.717) is 31.7 Å². The third-order valence-electron chi connectivity index (χ3n) is 3.93. The van der Waals surface area contributed by atoms with Crippen molar-refractivity contribution in [2.24, 2.45) is 11.1 Å². The maximum absolute atomic E-state index is 12.9. The van der Waals surface area contributed by atoms with Crippen LogP contribution in [0.4, 0.5) is 4.39 Å². The smallest absolute Gasteiger partial charge is 0.123 e. The number of ether oxygens (including phenoxy) is 1. The van der Waals surface area contributed by atoms with E-state index in [1.54, 1.807) is 19.1 Å². The molecule has 1 aliphatic heterocycles. The molecule has 1 fully saturated rings. The second kappa shape index (κ2) is 4.37. The Hall–Kier alpha value is -0.970. The molecule has 0 saturated carbocycles. The van der Waals surface area contributed by atoms with Crippen LogP contribution >= 0.6 is 0 Å². The first kappa shape index (κ1) is 12.5. The zero-order valence-corrected chi connectivity index (χ0v) is 9.95. The van der Waals surface area contributed by atoms with Gasteiger partial charge in [-0.1, -0.05) is 12.1 Å². The minimum atomic E-state index is -1.11. The predicted octanol–water partition coefficient (Wildman–Crippen LogP) is 1.40. The first-order valence-corrected chi connectivity index (χ1v) is 5.78. The number of nitrogens with two attached hydrogens (primary N) is 1. The zero-order valence-electron chi connectivity index (χ0n) is 9.95. The molecule has 0 aliphatic carbocycles. The fourth-order valence-electron chi connectivity index (χ4n) is 2.43.